The molecule has 8 nitrogen and oxygen atoms in total. The average Bonchev–Trinajstić information content (AvgIpc) is 3.15. The van der Waals surface area contributed by atoms with E-state index in [0.717, 1.165) is 42.9 Å². The predicted octanol–water partition coefficient (Wildman–Crippen LogP) is 2.76. The van der Waals surface area contributed by atoms with Gasteiger partial charge in [-0.3, -0.25) is 0 Å². The second-order valence-electron chi connectivity index (χ2n) is 7.51. The van der Waals surface area contributed by atoms with Gasteiger partial charge in [0.2, 0.25) is 0 Å². The molecule has 0 spiro atoms. The Hall–Kier alpha value is -3.55. The normalized spacial score (nSPS) is 11.3. The summed E-state index contributed by atoms with van der Waals surface area (Å²) in [4.78, 5) is 6.94. The lowest BCUT2D eigenvalue weighted by molar-refractivity contribution is 0.322. The standard InChI is InChI=1S/C24H33N7O/c1-20-28-29-23(31(20)3)19-27-24(26-16-18-32-22-13-8-5-9-14-22)25-15-10-17-30(2)21-11-6-4-7-12-21/h4-9,11-14H,10,15-19H2,1-3H3,(H2,25,26,27). The first-order valence-corrected chi connectivity index (χ1v) is 10.9. The van der Waals surface area contributed by atoms with Gasteiger partial charge in [0, 0.05) is 32.9 Å². The summed E-state index contributed by atoms with van der Waals surface area (Å²) in [6.07, 6.45) is 0.982. The van der Waals surface area contributed by atoms with Crippen molar-refractivity contribution in [3.63, 3.8) is 0 Å². The van der Waals surface area contributed by atoms with Crippen LogP contribution in [-0.2, 0) is 13.6 Å². The van der Waals surface area contributed by atoms with Gasteiger partial charge in [0.15, 0.2) is 11.8 Å². The maximum absolute atomic E-state index is 5.77. The number of benzene rings is 2. The molecule has 0 unspecified atom stereocenters. The third kappa shape index (κ3) is 7.30. The van der Waals surface area contributed by atoms with E-state index >= 15 is 0 Å². The zero-order valence-corrected chi connectivity index (χ0v) is 19.2. The van der Waals surface area contributed by atoms with Gasteiger partial charge < -0.3 is 24.8 Å². The summed E-state index contributed by atoms with van der Waals surface area (Å²) in [5.41, 5.74) is 1.22. The van der Waals surface area contributed by atoms with Crippen LogP contribution >= 0.6 is 0 Å². The van der Waals surface area contributed by atoms with Gasteiger partial charge in [0.1, 0.15) is 24.7 Å². The first-order chi connectivity index (χ1) is 15.6. The smallest absolute Gasteiger partial charge is 0.191 e. The van der Waals surface area contributed by atoms with Gasteiger partial charge in [-0.25, -0.2) is 4.99 Å². The van der Waals surface area contributed by atoms with E-state index in [1.807, 2.05) is 54.9 Å². The van der Waals surface area contributed by atoms with Gasteiger partial charge in [-0.15, -0.1) is 10.2 Å². The minimum atomic E-state index is 0.454. The number of aryl methyl sites for hydroxylation is 1. The topological polar surface area (TPSA) is 79.6 Å². The Morgan fingerprint density at radius 3 is 2.38 bits per heavy atom. The van der Waals surface area contributed by atoms with Crippen LogP contribution in [0.3, 0.4) is 0 Å². The summed E-state index contributed by atoms with van der Waals surface area (Å²) in [6.45, 7) is 5.33. The predicted molar refractivity (Wildman–Crippen MR) is 129 cm³/mol. The van der Waals surface area contributed by atoms with Gasteiger partial charge >= 0.3 is 0 Å². The largest absolute Gasteiger partial charge is 0.492 e. The zero-order valence-electron chi connectivity index (χ0n) is 19.2. The third-order valence-electron chi connectivity index (χ3n) is 5.13. The molecule has 2 N–H and O–H groups in total. The van der Waals surface area contributed by atoms with Crippen molar-refractivity contribution < 1.29 is 4.74 Å². The Morgan fingerprint density at radius 1 is 1.00 bits per heavy atom. The molecule has 0 saturated heterocycles. The van der Waals surface area contributed by atoms with Gasteiger partial charge in [-0.2, -0.15) is 0 Å². The molecule has 170 valence electrons. The number of nitrogens with zero attached hydrogens (tertiary/aromatic N) is 5. The van der Waals surface area contributed by atoms with E-state index in [1.54, 1.807) is 0 Å². The highest BCUT2D eigenvalue weighted by molar-refractivity contribution is 5.79. The average molecular weight is 436 g/mol. The molecule has 3 aromatic rings. The van der Waals surface area contributed by atoms with E-state index < -0.39 is 0 Å². The Bertz CT molecular complexity index is 957. The van der Waals surface area contributed by atoms with Crippen molar-refractivity contribution in [2.75, 3.05) is 38.2 Å². The summed E-state index contributed by atoms with van der Waals surface area (Å²) >= 11 is 0. The molecule has 0 atom stereocenters. The summed E-state index contributed by atoms with van der Waals surface area (Å²) in [7, 11) is 4.06. The molecule has 0 aliphatic carbocycles. The van der Waals surface area contributed by atoms with Crippen LogP contribution in [0.15, 0.2) is 65.7 Å². The first-order valence-electron chi connectivity index (χ1n) is 10.9. The molecule has 0 fully saturated rings. The van der Waals surface area contributed by atoms with Crippen molar-refractivity contribution >= 4 is 11.6 Å². The zero-order chi connectivity index (χ0) is 22.6. The first kappa shape index (κ1) is 23.1. The highest BCUT2D eigenvalue weighted by Crippen LogP contribution is 2.10. The van der Waals surface area contributed by atoms with Crippen LogP contribution in [-0.4, -0.2) is 54.0 Å². The van der Waals surface area contributed by atoms with Gasteiger partial charge in [0.25, 0.3) is 0 Å². The molecule has 2 aromatic carbocycles. The fourth-order valence-corrected chi connectivity index (χ4v) is 3.10. The molecular formula is C24H33N7O. The number of aliphatic imine (C=N–C) groups is 1. The van der Waals surface area contributed by atoms with E-state index in [2.05, 4.69) is 62.0 Å². The van der Waals surface area contributed by atoms with E-state index in [4.69, 9.17) is 4.74 Å². The number of ether oxygens (including phenoxy) is 1. The third-order valence-corrected chi connectivity index (χ3v) is 5.13. The molecule has 1 heterocycles. The molecule has 8 heteroatoms. The minimum absolute atomic E-state index is 0.454. The van der Waals surface area contributed by atoms with Crippen molar-refractivity contribution in [2.24, 2.45) is 12.0 Å². The van der Waals surface area contributed by atoms with Crippen LogP contribution in [0.2, 0.25) is 0 Å². The number of nitrogens with one attached hydrogen (secondary N) is 2. The SMILES string of the molecule is Cc1nnc(CN=C(NCCCN(C)c2ccccc2)NCCOc2ccccc2)n1C. The lowest BCUT2D eigenvalue weighted by atomic mass is 10.3. The maximum atomic E-state index is 5.77. The summed E-state index contributed by atoms with van der Waals surface area (Å²) < 4.78 is 7.72. The Morgan fingerprint density at radius 2 is 1.69 bits per heavy atom. The fraction of sp³-hybridized carbons (Fsp3) is 0.375. The molecule has 0 aliphatic heterocycles. The van der Waals surface area contributed by atoms with Crippen molar-refractivity contribution in [3.8, 4) is 5.75 Å². The molecule has 0 amide bonds. The molecule has 0 radical (unpaired) electrons. The number of rotatable bonds is 11. The summed E-state index contributed by atoms with van der Waals surface area (Å²) in [5.74, 6) is 3.30. The number of hydrogen-bond acceptors (Lipinski definition) is 5. The monoisotopic (exact) mass is 435 g/mol. The maximum Gasteiger partial charge on any atom is 0.191 e. The number of para-hydroxylation sites is 2. The molecule has 1 aromatic heterocycles. The molecule has 32 heavy (non-hydrogen) atoms. The number of anilines is 1. The van der Waals surface area contributed by atoms with Crippen molar-refractivity contribution in [3.05, 3.63) is 72.3 Å². The van der Waals surface area contributed by atoms with Gasteiger partial charge in [0.05, 0.1) is 6.54 Å². The lowest BCUT2D eigenvalue weighted by Gasteiger charge is -2.19. The summed E-state index contributed by atoms with van der Waals surface area (Å²) in [6, 6.07) is 20.2. The molecule has 0 saturated carbocycles. The van der Waals surface area contributed by atoms with Crippen LogP contribution in [0.1, 0.15) is 18.1 Å². The fourth-order valence-electron chi connectivity index (χ4n) is 3.10. The molecular weight excluding hydrogens is 402 g/mol. The number of aromatic nitrogens is 3. The van der Waals surface area contributed by atoms with E-state index in [9.17, 15) is 0 Å². The van der Waals surface area contributed by atoms with Crippen LogP contribution in [0.25, 0.3) is 0 Å². The quantitative estimate of drug-likeness (QED) is 0.274. The number of guanidine groups is 1. The van der Waals surface area contributed by atoms with Crippen molar-refractivity contribution in [1.82, 2.24) is 25.4 Å². The minimum Gasteiger partial charge on any atom is -0.492 e. The van der Waals surface area contributed by atoms with Crippen molar-refractivity contribution in [2.45, 2.75) is 19.9 Å². The summed E-state index contributed by atoms with van der Waals surface area (Å²) in [5, 5.41) is 15.1. The van der Waals surface area contributed by atoms with Crippen LogP contribution in [0, 0.1) is 6.92 Å². The Kier molecular flexibility index (Phi) is 8.92. The molecule has 0 aliphatic rings. The Labute approximate surface area is 190 Å². The van der Waals surface area contributed by atoms with E-state index in [0.29, 0.717) is 19.7 Å². The Balaban J connectivity index is 1.48. The van der Waals surface area contributed by atoms with Crippen LogP contribution in [0.4, 0.5) is 5.69 Å². The highest BCUT2D eigenvalue weighted by atomic mass is 16.5. The molecule has 3 rings (SSSR count). The number of hydrogen-bond donors (Lipinski definition) is 2. The highest BCUT2D eigenvalue weighted by Gasteiger charge is 2.06. The van der Waals surface area contributed by atoms with Gasteiger partial charge in [-0.1, -0.05) is 36.4 Å². The molecule has 0 bridgehead atoms. The lowest BCUT2D eigenvalue weighted by Crippen LogP contribution is -2.40. The second-order valence-corrected chi connectivity index (χ2v) is 7.51. The van der Waals surface area contributed by atoms with Crippen LogP contribution < -0.4 is 20.3 Å². The van der Waals surface area contributed by atoms with Crippen molar-refractivity contribution in [1.29, 1.82) is 0 Å². The van der Waals surface area contributed by atoms with Crippen LogP contribution in [0.5, 0.6) is 5.75 Å². The van der Waals surface area contributed by atoms with E-state index in [-0.39, 0.29) is 0 Å². The second kappa shape index (κ2) is 12.3. The van der Waals surface area contributed by atoms with Gasteiger partial charge in [-0.05, 0) is 37.6 Å². The van der Waals surface area contributed by atoms with E-state index in [1.165, 1.54) is 5.69 Å².